The van der Waals surface area contributed by atoms with Crippen molar-refractivity contribution in [3.63, 3.8) is 0 Å². The van der Waals surface area contributed by atoms with Gasteiger partial charge in [0.25, 0.3) is 0 Å². The standard InChI is InChI=1S/C22H10Cl2F6O3P/c23-14-8-4-9-15(24)18(14)20(32)34(33)16-10-2-1-5-11(16)19(31)17-12(21(25,26)27)6-3-7-13(17)22(28,29)30/h1-10H/q+1. The molecule has 12 heteroatoms. The first kappa shape index (κ1) is 25.9. The fraction of sp³-hybridized carbons (Fsp3) is 0.0909. The summed E-state index contributed by atoms with van der Waals surface area (Å²) in [6.07, 6.45) is -10.6. The minimum Gasteiger partial charge on any atom is -0.288 e. The fourth-order valence-corrected chi connectivity index (χ4v) is 5.14. The minimum absolute atomic E-state index is 0.175. The molecule has 0 spiro atoms. The van der Waals surface area contributed by atoms with Crippen molar-refractivity contribution in [3.05, 3.63) is 98.5 Å². The topological polar surface area (TPSA) is 51.2 Å². The molecular formula is C22H10Cl2F6O3P+. The van der Waals surface area contributed by atoms with Gasteiger partial charge in [0.05, 0.1) is 26.7 Å². The highest BCUT2D eigenvalue weighted by Gasteiger charge is 2.45. The molecule has 34 heavy (non-hydrogen) atoms. The van der Waals surface area contributed by atoms with Crippen LogP contribution < -0.4 is 5.30 Å². The van der Waals surface area contributed by atoms with Gasteiger partial charge in [-0.15, -0.1) is 0 Å². The molecule has 0 amide bonds. The normalized spacial score (nSPS) is 12.4. The monoisotopic (exact) mass is 537 g/mol. The smallest absolute Gasteiger partial charge is 0.288 e. The Bertz CT molecular complexity index is 1270. The fourth-order valence-electron chi connectivity index (χ4n) is 3.16. The number of carbonyl (C=O) groups excluding carboxylic acids is 2. The molecule has 0 heterocycles. The molecule has 3 aromatic carbocycles. The van der Waals surface area contributed by atoms with Gasteiger partial charge >= 0.3 is 25.7 Å². The third-order valence-corrected chi connectivity index (χ3v) is 6.68. The van der Waals surface area contributed by atoms with E-state index < -0.39 is 59.0 Å². The Morgan fingerprint density at radius 1 is 0.676 bits per heavy atom. The van der Waals surface area contributed by atoms with Gasteiger partial charge < -0.3 is 0 Å². The quantitative estimate of drug-likeness (QED) is 0.192. The van der Waals surface area contributed by atoms with Gasteiger partial charge in [-0.2, -0.15) is 26.3 Å². The van der Waals surface area contributed by atoms with E-state index in [1.54, 1.807) is 0 Å². The maximum absolute atomic E-state index is 13.5. The van der Waals surface area contributed by atoms with Crippen molar-refractivity contribution < 1.29 is 40.5 Å². The summed E-state index contributed by atoms with van der Waals surface area (Å²) in [7, 11) is -3.21. The first-order valence-electron chi connectivity index (χ1n) is 9.12. The second-order valence-corrected chi connectivity index (χ2v) is 9.06. The maximum Gasteiger partial charge on any atom is 0.459 e. The predicted octanol–water partition coefficient (Wildman–Crippen LogP) is 7.56. The SMILES string of the molecule is O=C(c1ccccc1[P+](=O)C(=O)c1c(Cl)cccc1Cl)c1c(C(F)(F)F)cccc1C(F)(F)F. The van der Waals surface area contributed by atoms with Crippen LogP contribution in [0.25, 0.3) is 0 Å². The van der Waals surface area contributed by atoms with E-state index in [-0.39, 0.29) is 15.6 Å². The van der Waals surface area contributed by atoms with Crippen molar-refractivity contribution in [2.45, 2.75) is 12.4 Å². The van der Waals surface area contributed by atoms with Crippen molar-refractivity contribution in [1.29, 1.82) is 0 Å². The van der Waals surface area contributed by atoms with Gasteiger partial charge in [-0.05, 0) is 36.4 Å². The molecule has 0 fully saturated rings. The summed E-state index contributed by atoms with van der Waals surface area (Å²) in [5, 5.41) is -0.911. The Labute approximate surface area is 199 Å². The minimum atomic E-state index is -5.30. The lowest BCUT2D eigenvalue weighted by Gasteiger charge is -2.17. The van der Waals surface area contributed by atoms with Crippen molar-refractivity contribution >= 4 is 47.6 Å². The molecule has 0 saturated heterocycles. The van der Waals surface area contributed by atoms with Crippen molar-refractivity contribution in [3.8, 4) is 0 Å². The molecule has 0 aliphatic heterocycles. The van der Waals surface area contributed by atoms with Crippen molar-refractivity contribution in [2.24, 2.45) is 0 Å². The van der Waals surface area contributed by atoms with E-state index in [4.69, 9.17) is 23.2 Å². The van der Waals surface area contributed by atoms with Crippen LogP contribution in [0.15, 0.2) is 60.7 Å². The number of carbonyl (C=O) groups is 2. The molecule has 176 valence electrons. The van der Waals surface area contributed by atoms with Crippen molar-refractivity contribution in [2.75, 3.05) is 0 Å². The van der Waals surface area contributed by atoms with Crippen LogP contribution in [0.3, 0.4) is 0 Å². The van der Waals surface area contributed by atoms with Crippen LogP contribution in [-0.2, 0) is 16.9 Å². The zero-order chi connectivity index (χ0) is 25.4. The number of hydrogen-bond donors (Lipinski definition) is 0. The van der Waals surface area contributed by atoms with Gasteiger partial charge in [0.1, 0.15) is 5.56 Å². The van der Waals surface area contributed by atoms with E-state index in [1.807, 2.05) is 0 Å². The second kappa shape index (κ2) is 9.49. The molecule has 0 N–H and O–H groups in total. The number of alkyl halides is 6. The van der Waals surface area contributed by atoms with E-state index >= 15 is 0 Å². The zero-order valence-corrected chi connectivity index (χ0v) is 18.9. The summed E-state index contributed by atoms with van der Waals surface area (Å²) < 4.78 is 94.2. The Balaban J connectivity index is 2.21. The number of ketones is 1. The highest BCUT2D eigenvalue weighted by atomic mass is 35.5. The van der Waals surface area contributed by atoms with Crippen molar-refractivity contribution in [1.82, 2.24) is 0 Å². The number of benzene rings is 3. The van der Waals surface area contributed by atoms with E-state index in [0.29, 0.717) is 18.2 Å². The Kier molecular flexibility index (Phi) is 7.22. The maximum atomic E-state index is 13.5. The Morgan fingerprint density at radius 2 is 1.15 bits per heavy atom. The molecule has 3 aromatic rings. The molecule has 0 saturated carbocycles. The molecule has 0 aliphatic rings. The molecule has 0 radical (unpaired) electrons. The summed E-state index contributed by atoms with van der Waals surface area (Å²) in [5.74, 6) is -1.70. The summed E-state index contributed by atoms with van der Waals surface area (Å²) in [4.78, 5) is 25.9. The van der Waals surface area contributed by atoms with Gasteiger partial charge in [-0.1, -0.05) is 52.0 Å². The van der Waals surface area contributed by atoms with Crippen LogP contribution in [0.2, 0.25) is 10.0 Å². The van der Waals surface area contributed by atoms with E-state index in [1.165, 1.54) is 24.3 Å². The zero-order valence-electron chi connectivity index (χ0n) is 16.5. The lowest BCUT2D eigenvalue weighted by molar-refractivity contribution is -0.143. The molecular weight excluding hydrogens is 528 g/mol. The predicted molar refractivity (Wildman–Crippen MR) is 114 cm³/mol. The average molecular weight is 538 g/mol. The summed E-state index contributed by atoms with van der Waals surface area (Å²) in [6.45, 7) is 0. The Morgan fingerprint density at radius 3 is 1.65 bits per heavy atom. The number of rotatable bonds is 5. The molecule has 0 aliphatic carbocycles. The van der Waals surface area contributed by atoms with E-state index in [9.17, 15) is 40.5 Å². The molecule has 1 unspecified atom stereocenters. The van der Waals surface area contributed by atoms with E-state index in [0.717, 1.165) is 18.2 Å². The largest absolute Gasteiger partial charge is 0.459 e. The average Bonchev–Trinajstić information content (AvgIpc) is 2.76. The summed E-state index contributed by atoms with van der Waals surface area (Å²) >= 11 is 11.9. The molecule has 3 rings (SSSR count). The molecule has 1 atom stereocenters. The summed E-state index contributed by atoms with van der Waals surface area (Å²) in [6, 6.07) is 9.40. The van der Waals surface area contributed by atoms with Crippen LogP contribution >= 0.6 is 31.0 Å². The van der Waals surface area contributed by atoms with Gasteiger partial charge in [0.2, 0.25) is 5.30 Å². The van der Waals surface area contributed by atoms with Gasteiger partial charge in [0, 0.05) is 5.56 Å². The molecule has 0 bridgehead atoms. The number of hydrogen-bond acceptors (Lipinski definition) is 3. The van der Waals surface area contributed by atoms with Crippen LogP contribution in [-0.4, -0.2) is 11.3 Å². The van der Waals surface area contributed by atoms with E-state index in [2.05, 4.69) is 0 Å². The van der Waals surface area contributed by atoms with Crippen LogP contribution in [0.1, 0.15) is 37.4 Å². The lowest BCUT2D eigenvalue weighted by Crippen LogP contribution is -2.23. The third-order valence-electron chi connectivity index (χ3n) is 4.63. The van der Waals surface area contributed by atoms with Gasteiger partial charge in [0.15, 0.2) is 5.78 Å². The highest BCUT2D eigenvalue weighted by molar-refractivity contribution is 7.71. The first-order valence-corrected chi connectivity index (χ1v) is 11.1. The number of halogens is 8. The second-order valence-electron chi connectivity index (χ2n) is 6.77. The Hall–Kier alpha value is -2.74. The lowest BCUT2D eigenvalue weighted by atomic mass is 9.92. The van der Waals surface area contributed by atoms with Crippen LogP contribution in [0, 0.1) is 0 Å². The summed E-state index contributed by atoms with van der Waals surface area (Å²) in [5.41, 5.74) is -7.58. The highest BCUT2D eigenvalue weighted by Crippen LogP contribution is 2.41. The van der Waals surface area contributed by atoms with Crippen LogP contribution in [0.5, 0.6) is 0 Å². The van der Waals surface area contributed by atoms with Crippen LogP contribution in [0.4, 0.5) is 26.3 Å². The van der Waals surface area contributed by atoms with Gasteiger partial charge in [-0.25, -0.2) is 4.79 Å². The van der Waals surface area contributed by atoms with Gasteiger partial charge in [-0.3, -0.25) is 4.79 Å². The third kappa shape index (κ3) is 5.02. The molecule has 0 aromatic heterocycles. The first-order chi connectivity index (χ1) is 15.7. The molecule has 3 nitrogen and oxygen atoms in total.